The van der Waals surface area contributed by atoms with Gasteiger partial charge in [0.1, 0.15) is 0 Å². The zero-order valence-electron chi connectivity index (χ0n) is 19.8. The minimum Gasteiger partial charge on any atom is -0.368 e. The number of carbonyl (C=O) groups excluding carboxylic acids is 3. The number of rotatable bonds is 19. The van der Waals surface area contributed by atoms with Gasteiger partial charge in [-0.3, -0.25) is 19.7 Å². The van der Waals surface area contributed by atoms with Crippen molar-refractivity contribution in [2.24, 2.45) is 11.5 Å². The molecule has 10 N–H and O–H groups in total. The van der Waals surface area contributed by atoms with Crippen LogP contribution in [-0.4, -0.2) is 90.7 Å². The minimum absolute atomic E-state index is 0. The summed E-state index contributed by atoms with van der Waals surface area (Å²) in [6, 6.07) is -0.526. The highest BCUT2D eigenvalue weighted by molar-refractivity contribution is 5.82. The Kier molecular flexibility index (Phi) is 28.0. The van der Waals surface area contributed by atoms with E-state index in [4.69, 9.17) is 11.5 Å². The van der Waals surface area contributed by atoms with Crippen LogP contribution >= 0.6 is 0 Å². The van der Waals surface area contributed by atoms with Crippen molar-refractivity contribution in [3.8, 4) is 0 Å². The average molecular weight is 463 g/mol. The van der Waals surface area contributed by atoms with Crippen LogP contribution in [-0.2, 0) is 14.4 Å². The Morgan fingerprint density at radius 2 is 1.34 bits per heavy atom. The average Bonchev–Trinajstić information content (AvgIpc) is 2.75. The summed E-state index contributed by atoms with van der Waals surface area (Å²) in [4.78, 5) is 34.3. The van der Waals surface area contributed by atoms with E-state index in [0.29, 0.717) is 19.6 Å². The van der Waals surface area contributed by atoms with E-state index < -0.39 is 0 Å². The number of hydrogen-bond acceptors (Lipinski definition) is 9. The van der Waals surface area contributed by atoms with Crippen LogP contribution in [0, 0.1) is 0 Å². The van der Waals surface area contributed by atoms with Gasteiger partial charge >= 0.3 is 0 Å². The van der Waals surface area contributed by atoms with E-state index in [1.807, 2.05) is 14.1 Å². The van der Waals surface area contributed by atoms with E-state index in [-0.39, 0.29) is 50.2 Å². The lowest BCUT2D eigenvalue weighted by atomic mass is 10.1. The molecule has 0 aromatic carbocycles. The van der Waals surface area contributed by atoms with Crippen molar-refractivity contribution in [2.45, 2.75) is 58.0 Å². The predicted molar refractivity (Wildman–Crippen MR) is 132 cm³/mol. The zero-order chi connectivity index (χ0) is 23.9. The molecule has 0 saturated heterocycles. The standard InChI is InChI=1S/C18H39N7O3.C2H7N.CH4/c1-21-15(17(20)27)7-4-6-10-25-18(28)16(22-2)8-3-5-9-23-13-24-12-14(26)11-19;1-3-2;/h15-16,21-24H,3-13,19H2,1-2H3,(H2,20,27)(H,25,28);3H,1-2H3;1H4/t15-,16-;;/m0../s1. The molecule has 0 bridgehead atoms. The lowest BCUT2D eigenvalue weighted by molar-refractivity contribution is -0.123. The maximum Gasteiger partial charge on any atom is 0.237 e. The third-order valence-corrected chi connectivity index (χ3v) is 4.47. The van der Waals surface area contributed by atoms with Gasteiger partial charge in [0.25, 0.3) is 0 Å². The number of carbonyl (C=O) groups is 3. The zero-order valence-corrected chi connectivity index (χ0v) is 19.8. The van der Waals surface area contributed by atoms with Crippen LogP contribution in [0.4, 0.5) is 0 Å². The fourth-order valence-electron chi connectivity index (χ4n) is 2.69. The van der Waals surface area contributed by atoms with Gasteiger partial charge in [0.05, 0.1) is 25.2 Å². The number of unbranched alkanes of at least 4 members (excludes halogenated alkanes) is 2. The molecule has 0 aromatic heterocycles. The summed E-state index contributed by atoms with van der Waals surface area (Å²) in [6.45, 7) is 2.30. The van der Waals surface area contributed by atoms with Gasteiger partial charge in [-0.25, -0.2) is 0 Å². The summed E-state index contributed by atoms with van der Waals surface area (Å²) in [7, 11) is 7.24. The molecule has 0 fully saturated rings. The van der Waals surface area contributed by atoms with E-state index in [2.05, 4.69) is 31.9 Å². The second kappa shape index (κ2) is 25.6. The minimum atomic E-state index is -0.351. The van der Waals surface area contributed by atoms with Crippen LogP contribution in [0.2, 0.25) is 0 Å². The van der Waals surface area contributed by atoms with E-state index in [0.717, 1.165) is 38.6 Å². The molecule has 0 spiro atoms. The molecule has 32 heavy (non-hydrogen) atoms. The summed E-state index contributed by atoms with van der Waals surface area (Å²) < 4.78 is 0. The number of nitrogens with one attached hydrogen (secondary N) is 6. The highest BCUT2D eigenvalue weighted by Gasteiger charge is 2.15. The molecule has 11 nitrogen and oxygen atoms in total. The number of Topliss-reactive ketones (excluding diaryl/α,β-unsaturated/α-hetero) is 1. The fourth-order valence-corrected chi connectivity index (χ4v) is 2.69. The maximum atomic E-state index is 12.2. The van der Waals surface area contributed by atoms with Crippen molar-refractivity contribution >= 4 is 17.6 Å². The van der Waals surface area contributed by atoms with E-state index in [1.165, 1.54) is 0 Å². The first-order valence-corrected chi connectivity index (χ1v) is 11.0. The second-order valence-corrected chi connectivity index (χ2v) is 7.21. The van der Waals surface area contributed by atoms with Gasteiger partial charge < -0.3 is 38.1 Å². The maximum absolute atomic E-state index is 12.2. The molecule has 2 atom stereocenters. The Morgan fingerprint density at radius 1 is 0.812 bits per heavy atom. The molecule has 0 saturated carbocycles. The van der Waals surface area contributed by atoms with Crippen molar-refractivity contribution in [2.75, 3.05) is 61.0 Å². The third kappa shape index (κ3) is 21.6. The van der Waals surface area contributed by atoms with Crippen LogP contribution in [0.5, 0.6) is 0 Å². The van der Waals surface area contributed by atoms with Crippen LogP contribution in [0.25, 0.3) is 0 Å². The number of hydrogen-bond donors (Lipinski definition) is 8. The van der Waals surface area contributed by atoms with Gasteiger partial charge in [-0.2, -0.15) is 0 Å². The highest BCUT2D eigenvalue weighted by Crippen LogP contribution is 2.02. The molecule has 0 unspecified atom stereocenters. The third-order valence-electron chi connectivity index (χ3n) is 4.47. The summed E-state index contributed by atoms with van der Waals surface area (Å²) in [5.41, 5.74) is 10.5. The molecular formula is C21H50N8O3. The Balaban J connectivity index is -0.00000198. The highest BCUT2D eigenvalue weighted by atomic mass is 16.2. The molecule has 192 valence electrons. The first kappa shape index (κ1) is 35.0. The number of nitrogens with two attached hydrogens (primary N) is 2. The van der Waals surface area contributed by atoms with Crippen molar-refractivity contribution in [3.05, 3.63) is 0 Å². The number of amides is 2. The van der Waals surface area contributed by atoms with Crippen LogP contribution in [0.1, 0.15) is 46.0 Å². The van der Waals surface area contributed by atoms with Crippen LogP contribution in [0.15, 0.2) is 0 Å². The topological polar surface area (TPSA) is 175 Å². The van der Waals surface area contributed by atoms with Crippen LogP contribution < -0.4 is 43.4 Å². The van der Waals surface area contributed by atoms with Gasteiger partial charge in [-0.15, -0.1) is 0 Å². The lowest BCUT2D eigenvalue weighted by Crippen LogP contribution is -2.43. The van der Waals surface area contributed by atoms with E-state index >= 15 is 0 Å². The molecular weight excluding hydrogens is 412 g/mol. The second-order valence-electron chi connectivity index (χ2n) is 7.21. The van der Waals surface area contributed by atoms with Gasteiger partial charge in [-0.1, -0.05) is 13.8 Å². The van der Waals surface area contributed by atoms with Gasteiger partial charge in [0.2, 0.25) is 11.8 Å². The van der Waals surface area contributed by atoms with Crippen molar-refractivity contribution in [1.29, 1.82) is 0 Å². The van der Waals surface area contributed by atoms with Gasteiger partial charge in [0.15, 0.2) is 5.78 Å². The molecule has 0 aliphatic rings. The summed E-state index contributed by atoms with van der Waals surface area (Å²) in [5.74, 6) is -0.368. The molecule has 0 radical (unpaired) electrons. The number of ketones is 1. The van der Waals surface area contributed by atoms with Crippen molar-refractivity contribution < 1.29 is 14.4 Å². The molecule has 11 heteroatoms. The summed E-state index contributed by atoms with van der Waals surface area (Å²) >= 11 is 0. The predicted octanol–water partition coefficient (Wildman–Crippen LogP) is -1.76. The Morgan fingerprint density at radius 3 is 1.84 bits per heavy atom. The Bertz CT molecular complexity index is 466. The lowest BCUT2D eigenvalue weighted by Gasteiger charge is -2.16. The molecule has 0 aromatic rings. The molecule has 0 heterocycles. The van der Waals surface area contributed by atoms with E-state index in [1.54, 1.807) is 14.1 Å². The summed E-state index contributed by atoms with van der Waals surface area (Å²) in [5, 5.41) is 17.8. The summed E-state index contributed by atoms with van der Waals surface area (Å²) in [6.07, 6.45) is 4.89. The number of likely N-dealkylation sites (N-methyl/N-ethyl adjacent to an activating group) is 2. The first-order chi connectivity index (χ1) is 14.9. The normalized spacial score (nSPS) is 12.0. The Labute approximate surface area is 195 Å². The smallest absolute Gasteiger partial charge is 0.237 e. The van der Waals surface area contributed by atoms with Gasteiger partial charge in [-0.05, 0) is 66.8 Å². The molecule has 0 aliphatic heterocycles. The van der Waals surface area contributed by atoms with Gasteiger partial charge in [0, 0.05) is 13.2 Å². The fraction of sp³-hybridized carbons (Fsp3) is 0.857. The number of primary amides is 1. The first-order valence-electron chi connectivity index (χ1n) is 11.0. The monoisotopic (exact) mass is 462 g/mol. The Hall–Kier alpha value is -1.63. The molecule has 0 aliphatic carbocycles. The quantitative estimate of drug-likeness (QED) is 0.0816. The molecule has 0 rings (SSSR count). The van der Waals surface area contributed by atoms with E-state index in [9.17, 15) is 14.4 Å². The van der Waals surface area contributed by atoms with Crippen LogP contribution in [0.3, 0.4) is 0 Å². The SMILES string of the molecule is C.CNC.CN[C@@H](CCCCNC(=O)[C@H](CCCCNCNCC(=O)CN)NC)C(N)=O. The van der Waals surface area contributed by atoms with Crippen molar-refractivity contribution in [1.82, 2.24) is 31.9 Å². The van der Waals surface area contributed by atoms with Crippen molar-refractivity contribution in [3.63, 3.8) is 0 Å². The largest absolute Gasteiger partial charge is 0.368 e. The molecule has 2 amide bonds.